The van der Waals surface area contributed by atoms with E-state index in [4.69, 9.17) is 32.5 Å². The molecule has 2 N–H and O–H groups in total. The molecule has 7 nitrogen and oxygen atoms in total. The second-order valence-electron chi connectivity index (χ2n) is 9.72. The maximum absolute atomic E-state index is 12.5. The normalized spacial score (nSPS) is 30.8. The summed E-state index contributed by atoms with van der Waals surface area (Å²) in [4.78, 5) is 32.7. The number of carbonyl (C=O) groups excluding carboxylic acids is 1. The number of alkyl halides is 2. The Morgan fingerprint density at radius 2 is 1.91 bits per heavy atom. The average Bonchev–Trinajstić information content (AvgIpc) is 3.08. The molecule has 1 aromatic rings. The summed E-state index contributed by atoms with van der Waals surface area (Å²) in [6, 6.07) is 5.93. The number of ether oxygens (including phenoxy) is 1. The van der Waals surface area contributed by atoms with E-state index in [2.05, 4.69) is 13.0 Å². The minimum Gasteiger partial charge on any atom is -0.410 e. The van der Waals surface area contributed by atoms with Crippen LogP contribution in [0, 0.1) is 17.3 Å². The zero-order chi connectivity index (χ0) is 23.8. The highest BCUT2D eigenvalue weighted by Crippen LogP contribution is 2.63. The van der Waals surface area contributed by atoms with Crippen molar-refractivity contribution in [3.05, 3.63) is 29.3 Å². The van der Waals surface area contributed by atoms with Gasteiger partial charge in [-0.05, 0) is 85.0 Å². The fraction of sp³-hybridized carbons (Fsp3) is 0.696. The second-order valence-corrected chi connectivity index (χ2v) is 11.7. The molecule has 33 heavy (non-hydrogen) atoms. The number of halogens is 2. The summed E-state index contributed by atoms with van der Waals surface area (Å²) in [5, 5.41) is 0. The Kier molecular flexibility index (Phi) is 7.69. The Balaban J connectivity index is 1.48. The van der Waals surface area contributed by atoms with Crippen molar-refractivity contribution in [3.8, 4) is 5.75 Å². The van der Waals surface area contributed by atoms with Crippen LogP contribution in [-0.2, 0) is 15.5 Å². The number of phosphoric acid groups is 1. The number of amides is 1. The van der Waals surface area contributed by atoms with Gasteiger partial charge in [0.05, 0.1) is 6.10 Å². The molecule has 3 aliphatic carbocycles. The number of hydrogen-bond acceptors (Lipinski definition) is 4. The lowest BCUT2D eigenvalue weighted by Gasteiger charge is -2.50. The van der Waals surface area contributed by atoms with Gasteiger partial charge in [0.15, 0.2) is 0 Å². The smallest absolute Gasteiger partial charge is 0.410 e. The Morgan fingerprint density at radius 1 is 1.18 bits per heavy atom. The van der Waals surface area contributed by atoms with E-state index in [1.54, 1.807) is 0 Å². The van der Waals surface area contributed by atoms with Gasteiger partial charge < -0.3 is 19.4 Å². The van der Waals surface area contributed by atoms with Crippen molar-refractivity contribution in [1.82, 2.24) is 4.90 Å². The third kappa shape index (κ3) is 5.24. The highest BCUT2D eigenvalue weighted by atomic mass is 35.5. The van der Waals surface area contributed by atoms with Crippen molar-refractivity contribution in [2.45, 2.75) is 57.5 Å². The number of aryl methyl sites for hydroxylation is 1. The number of nitrogens with zero attached hydrogens (tertiary/aromatic N) is 1. The molecule has 4 rings (SSSR count). The molecule has 3 aliphatic rings. The van der Waals surface area contributed by atoms with Gasteiger partial charge in [-0.2, -0.15) is 0 Å². The summed E-state index contributed by atoms with van der Waals surface area (Å²) in [5.74, 6) is 2.44. The highest BCUT2D eigenvalue weighted by Gasteiger charge is 2.56. The van der Waals surface area contributed by atoms with Crippen molar-refractivity contribution in [2.75, 3.05) is 24.8 Å². The highest BCUT2D eigenvalue weighted by molar-refractivity contribution is 7.46. The molecule has 0 spiro atoms. The SMILES string of the molecule is C[C@@]12CC[C@H]3c4ccc(OC(=O)N(CCCl)CCCl)cc4CC[C@@H]3[C@@H]1CC[C@@H]2OP(=O)(O)O. The van der Waals surface area contributed by atoms with E-state index >= 15 is 0 Å². The van der Waals surface area contributed by atoms with Crippen molar-refractivity contribution in [1.29, 1.82) is 0 Å². The van der Waals surface area contributed by atoms with Crippen molar-refractivity contribution in [3.63, 3.8) is 0 Å². The van der Waals surface area contributed by atoms with Crippen LogP contribution in [-0.4, -0.2) is 51.7 Å². The number of rotatable bonds is 7. The molecular weight excluding hydrogens is 488 g/mol. The molecule has 0 unspecified atom stereocenters. The lowest BCUT2D eigenvalue weighted by molar-refractivity contribution is -0.0217. The second kappa shape index (κ2) is 10.0. The molecule has 0 aromatic heterocycles. The fourth-order valence-electron chi connectivity index (χ4n) is 6.58. The molecule has 5 atom stereocenters. The molecule has 0 radical (unpaired) electrons. The molecule has 184 valence electrons. The van der Waals surface area contributed by atoms with Crippen molar-refractivity contribution < 1.29 is 28.4 Å². The summed E-state index contributed by atoms with van der Waals surface area (Å²) in [5.41, 5.74) is 2.32. The van der Waals surface area contributed by atoms with Gasteiger partial charge in [-0.25, -0.2) is 9.36 Å². The summed E-state index contributed by atoms with van der Waals surface area (Å²) in [6.45, 7) is 2.91. The first kappa shape index (κ1) is 25.3. The number of hydrogen-bond donors (Lipinski definition) is 2. The number of carbonyl (C=O) groups is 1. The molecule has 10 heteroatoms. The predicted molar refractivity (Wildman–Crippen MR) is 127 cm³/mol. The lowest BCUT2D eigenvalue weighted by Crippen LogP contribution is -2.44. The van der Waals surface area contributed by atoms with Gasteiger partial charge in [0.25, 0.3) is 0 Å². The van der Waals surface area contributed by atoms with Gasteiger partial charge >= 0.3 is 13.9 Å². The summed E-state index contributed by atoms with van der Waals surface area (Å²) < 4.78 is 22.3. The first-order chi connectivity index (χ1) is 15.7. The van der Waals surface area contributed by atoms with Crippen LogP contribution in [0.3, 0.4) is 0 Å². The van der Waals surface area contributed by atoms with Crippen LogP contribution in [0.2, 0.25) is 0 Å². The number of benzene rings is 1. The van der Waals surface area contributed by atoms with Crippen molar-refractivity contribution >= 4 is 37.1 Å². The fourth-order valence-corrected chi connectivity index (χ4v) is 7.66. The minimum absolute atomic E-state index is 0.205. The third-order valence-electron chi connectivity index (χ3n) is 8.05. The maximum atomic E-state index is 12.5. The van der Waals surface area contributed by atoms with Gasteiger partial charge in [-0.15, -0.1) is 23.2 Å². The van der Waals surface area contributed by atoms with Crippen LogP contribution in [0.1, 0.15) is 56.1 Å². The molecule has 1 aromatic carbocycles. The van der Waals surface area contributed by atoms with E-state index in [9.17, 15) is 19.1 Å². The maximum Gasteiger partial charge on any atom is 0.469 e. The summed E-state index contributed by atoms with van der Waals surface area (Å²) in [7, 11) is -4.50. The van der Waals surface area contributed by atoms with Crippen LogP contribution >= 0.6 is 31.0 Å². The van der Waals surface area contributed by atoms with Gasteiger partial charge in [-0.1, -0.05) is 13.0 Å². The molecule has 2 fully saturated rings. The summed E-state index contributed by atoms with van der Waals surface area (Å²) in [6.07, 6.45) is 4.55. The van der Waals surface area contributed by atoms with Crippen LogP contribution in [0.4, 0.5) is 4.79 Å². The van der Waals surface area contributed by atoms with Gasteiger partial charge in [0.1, 0.15) is 5.75 Å². The molecular formula is C23H32Cl2NO6P. The van der Waals surface area contributed by atoms with Crippen LogP contribution < -0.4 is 4.74 Å². The van der Waals surface area contributed by atoms with Gasteiger partial charge in [0.2, 0.25) is 0 Å². The zero-order valence-corrected chi connectivity index (χ0v) is 21.2. The quantitative estimate of drug-likeness (QED) is 0.374. The Labute approximate surface area is 205 Å². The van der Waals surface area contributed by atoms with E-state index in [-0.39, 0.29) is 5.41 Å². The van der Waals surface area contributed by atoms with Crippen LogP contribution in [0.5, 0.6) is 5.75 Å². The largest absolute Gasteiger partial charge is 0.469 e. The standard InChI is InChI=1S/C23H32Cl2NO6P/c1-23-9-8-18-17-5-3-16(31-22(27)26(12-10-24)13-11-25)14-15(17)2-4-19(18)20(23)6-7-21(23)32-33(28,29)30/h3,5,14,18-21H,2,4,6-13H2,1H3,(H2,28,29,30)/t18-,19-,20-,21-,23+/m0/s1. The topological polar surface area (TPSA) is 96.3 Å². The van der Waals surface area contributed by atoms with Crippen LogP contribution in [0.15, 0.2) is 18.2 Å². The third-order valence-corrected chi connectivity index (χ3v) is 8.91. The molecule has 0 bridgehead atoms. The van der Waals surface area contributed by atoms with Crippen LogP contribution in [0.25, 0.3) is 0 Å². The number of phosphoric ester groups is 1. The molecule has 0 aliphatic heterocycles. The molecule has 2 saturated carbocycles. The van der Waals surface area contributed by atoms with Gasteiger partial charge in [0, 0.05) is 24.8 Å². The molecule has 0 heterocycles. The van der Waals surface area contributed by atoms with E-state index in [1.165, 1.54) is 16.0 Å². The summed E-state index contributed by atoms with van der Waals surface area (Å²) >= 11 is 11.6. The molecule has 1 amide bonds. The van der Waals surface area contributed by atoms with E-state index < -0.39 is 20.0 Å². The van der Waals surface area contributed by atoms with Gasteiger partial charge in [-0.3, -0.25) is 4.52 Å². The first-order valence-electron chi connectivity index (χ1n) is 11.6. The van der Waals surface area contributed by atoms with E-state index in [0.29, 0.717) is 54.8 Å². The van der Waals surface area contributed by atoms with E-state index in [1.807, 2.05) is 12.1 Å². The number of fused-ring (bicyclic) bond motifs is 5. The Hall–Kier alpha value is -0.820. The first-order valence-corrected chi connectivity index (χ1v) is 14.2. The van der Waals surface area contributed by atoms with E-state index in [0.717, 1.165) is 32.1 Å². The zero-order valence-electron chi connectivity index (χ0n) is 18.8. The Morgan fingerprint density at radius 3 is 2.58 bits per heavy atom. The average molecular weight is 520 g/mol. The van der Waals surface area contributed by atoms with Crippen molar-refractivity contribution in [2.24, 2.45) is 17.3 Å². The Bertz CT molecular complexity index is 920. The monoisotopic (exact) mass is 519 g/mol. The minimum atomic E-state index is -4.50. The predicted octanol–water partition coefficient (Wildman–Crippen LogP) is 5.30. The lowest BCUT2D eigenvalue weighted by atomic mass is 9.55. The molecule has 0 saturated heterocycles.